The maximum absolute atomic E-state index is 12.9. The van der Waals surface area contributed by atoms with Crippen LogP contribution >= 0.6 is 11.8 Å². The fraction of sp³-hybridized carbons (Fsp3) is 0.562. The zero-order valence-corrected chi connectivity index (χ0v) is 13.3. The average molecular weight is 311 g/mol. The van der Waals surface area contributed by atoms with E-state index in [2.05, 4.69) is 5.32 Å². The summed E-state index contributed by atoms with van der Waals surface area (Å²) in [7, 11) is 0. The number of halogens is 1. The van der Waals surface area contributed by atoms with Crippen molar-refractivity contribution >= 4 is 17.7 Å². The number of nitrogens with one attached hydrogen (secondary N) is 1. The van der Waals surface area contributed by atoms with Crippen LogP contribution in [0.5, 0.6) is 0 Å². The summed E-state index contributed by atoms with van der Waals surface area (Å²) >= 11 is 1.71. The molecule has 5 heteroatoms. The topological polar surface area (TPSA) is 38.3 Å². The van der Waals surface area contributed by atoms with Gasteiger partial charge in [0.25, 0.3) is 0 Å². The first kappa shape index (κ1) is 16.3. The molecule has 21 heavy (non-hydrogen) atoms. The van der Waals surface area contributed by atoms with Crippen LogP contribution in [0.15, 0.2) is 29.2 Å². The Morgan fingerprint density at radius 3 is 2.76 bits per heavy atom. The first-order chi connectivity index (χ1) is 10.1. The highest BCUT2D eigenvalue weighted by Crippen LogP contribution is 2.40. The van der Waals surface area contributed by atoms with Gasteiger partial charge in [-0.15, -0.1) is 11.8 Å². The van der Waals surface area contributed by atoms with Gasteiger partial charge >= 0.3 is 5.97 Å². The molecule has 0 aliphatic heterocycles. The molecule has 1 N–H and O–H groups in total. The standard InChI is InChI=1S/C16H22FNO2S/c1-3-18-16(15(19)20-4-2)10-9-14(11-16)21-13-7-5-12(17)6-8-13/h5-8,14,18H,3-4,9-11H2,1-2H3. The Morgan fingerprint density at radius 2 is 2.14 bits per heavy atom. The van der Waals surface area contributed by atoms with E-state index in [1.54, 1.807) is 23.9 Å². The molecular formula is C16H22FNO2S. The van der Waals surface area contributed by atoms with E-state index in [1.165, 1.54) is 12.1 Å². The molecule has 3 nitrogen and oxygen atoms in total. The van der Waals surface area contributed by atoms with Crippen LogP contribution in [0.3, 0.4) is 0 Å². The zero-order valence-electron chi connectivity index (χ0n) is 12.5. The molecule has 1 aliphatic rings. The lowest BCUT2D eigenvalue weighted by atomic mass is 9.98. The molecule has 0 amide bonds. The molecular weight excluding hydrogens is 289 g/mol. The van der Waals surface area contributed by atoms with Gasteiger partial charge in [-0.3, -0.25) is 4.79 Å². The number of hydrogen-bond acceptors (Lipinski definition) is 4. The van der Waals surface area contributed by atoms with Crippen molar-refractivity contribution in [3.05, 3.63) is 30.1 Å². The molecule has 1 aromatic rings. The predicted molar refractivity (Wildman–Crippen MR) is 82.9 cm³/mol. The van der Waals surface area contributed by atoms with Gasteiger partial charge in [0.1, 0.15) is 11.4 Å². The van der Waals surface area contributed by atoms with Gasteiger partial charge < -0.3 is 10.1 Å². The van der Waals surface area contributed by atoms with Crippen LogP contribution in [0.1, 0.15) is 33.1 Å². The minimum atomic E-state index is -0.553. The van der Waals surface area contributed by atoms with E-state index in [9.17, 15) is 9.18 Å². The summed E-state index contributed by atoms with van der Waals surface area (Å²) in [6, 6.07) is 6.52. The third-order valence-electron chi connectivity index (χ3n) is 3.77. The predicted octanol–water partition coefficient (Wildman–Crippen LogP) is 3.38. The van der Waals surface area contributed by atoms with Crippen molar-refractivity contribution in [2.75, 3.05) is 13.2 Å². The van der Waals surface area contributed by atoms with Crippen LogP contribution in [0.2, 0.25) is 0 Å². The molecule has 0 radical (unpaired) electrons. The van der Waals surface area contributed by atoms with E-state index in [-0.39, 0.29) is 11.8 Å². The van der Waals surface area contributed by atoms with E-state index < -0.39 is 5.54 Å². The largest absolute Gasteiger partial charge is 0.465 e. The normalized spacial score (nSPS) is 25.0. The number of esters is 1. The molecule has 0 aromatic heterocycles. The number of carbonyl (C=O) groups excluding carboxylic acids is 1. The first-order valence-corrected chi connectivity index (χ1v) is 8.32. The van der Waals surface area contributed by atoms with Gasteiger partial charge in [-0.2, -0.15) is 0 Å². The second-order valence-electron chi connectivity index (χ2n) is 5.27. The molecule has 0 saturated heterocycles. The molecule has 1 fully saturated rings. The average Bonchev–Trinajstić information content (AvgIpc) is 2.86. The lowest BCUT2D eigenvalue weighted by Gasteiger charge is -2.27. The summed E-state index contributed by atoms with van der Waals surface area (Å²) < 4.78 is 18.2. The summed E-state index contributed by atoms with van der Waals surface area (Å²) in [5.74, 6) is -0.367. The van der Waals surface area contributed by atoms with E-state index in [0.29, 0.717) is 11.9 Å². The van der Waals surface area contributed by atoms with E-state index >= 15 is 0 Å². The van der Waals surface area contributed by atoms with Gasteiger partial charge in [-0.25, -0.2) is 4.39 Å². The van der Waals surface area contributed by atoms with Crippen LogP contribution in [-0.2, 0) is 9.53 Å². The molecule has 116 valence electrons. The van der Waals surface area contributed by atoms with Crippen molar-refractivity contribution in [3.8, 4) is 0 Å². The Morgan fingerprint density at radius 1 is 1.43 bits per heavy atom. The Hall–Kier alpha value is -1.07. The van der Waals surface area contributed by atoms with E-state index in [4.69, 9.17) is 4.74 Å². The monoisotopic (exact) mass is 311 g/mol. The summed E-state index contributed by atoms with van der Waals surface area (Å²) in [6.07, 6.45) is 2.49. The van der Waals surface area contributed by atoms with Crippen LogP contribution in [0, 0.1) is 5.82 Å². The number of carbonyl (C=O) groups is 1. The first-order valence-electron chi connectivity index (χ1n) is 7.44. The number of hydrogen-bond donors (Lipinski definition) is 1. The quantitative estimate of drug-likeness (QED) is 0.817. The van der Waals surface area contributed by atoms with Crippen molar-refractivity contribution in [2.45, 2.75) is 48.8 Å². The smallest absolute Gasteiger partial charge is 0.326 e. The van der Waals surface area contributed by atoms with Gasteiger partial charge in [-0.05, 0) is 57.0 Å². The van der Waals surface area contributed by atoms with Gasteiger partial charge in [0, 0.05) is 10.1 Å². The maximum Gasteiger partial charge on any atom is 0.326 e. The molecule has 0 spiro atoms. The van der Waals surface area contributed by atoms with Crippen LogP contribution in [0.4, 0.5) is 4.39 Å². The van der Waals surface area contributed by atoms with Crippen LogP contribution in [-0.4, -0.2) is 29.9 Å². The minimum absolute atomic E-state index is 0.144. The third kappa shape index (κ3) is 3.98. The Bertz CT molecular complexity index is 480. The second-order valence-corrected chi connectivity index (χ2v) is 6.64. The highest BCUT2D eigenvalue weighted by Gasteiger charge is 2.46. The second kappa shape index (κ2) is 7.27. The summed E-state index contributed by atoms with van der Waals surface area (Å²) in [5, 5.41) is 3.67. The fourth-order valence-corrected chi connectivity index (χ4v) is 4.11. The Balaban J connectivity index is 2.02. The number of ether oxygens (including phenoxy) is 1. The summed E-state index contributed by atoms with van der Waals surface area (Å²) in [6.45, 7) is 4.98. The lowest BCUT2D eigenvalue weighted by molar-refractivity contribution is -0.151. The molecule has 1 aliphatic carbocycles. The van der Waals surface area contributed by atoms with Gasteiger partial charge in [0.2, 0.25) is 0 Å². The van der Waals surface area contributed by atoms with Crippen molar-refractivity contribution in [1.82, 2.24) is 5.32 Å². The van der Waals surface area contributed by atoms with Gasteiger partial charge in [0.15, 0.2) is 0 Å². The van der Waals surface area contributed by atoms with Gasteiger partial charge in [0.05, 0.1) is 6.61 Å². The number of benzene rings is 1. The van der Waals surface area contributed by atoms with Crippen molar-refractivity contribution < 1.29 is 13.9 Å². The van der Waals surface area contributed by atoms with Crippen molar-refractivity contribution in [1.29, 1.82) is 0 Å². The minimum Gasteiger partial charge on any atom is -0.465 e. The SMILES string of the molecule is CCNC1(C(=O)OCC)CCC(Sc2ccc(F)cc2)C1. The van der Waals surface area contributed by atoms with Gasteiger partial charge in [-0.1, -0.05) is 6.92 Å². The molecule has 0 bridgehead atoms. The summed E-state index contributed by atoms with van der Waals surface area (Å²) in [4.78, 5) is 13.3. The van der Waals surface area contributed by atoms with Crippen LogP contribution in [0.25, 0.3) is 0 Å². The van der Waals surface area contributed by atoms with Crippen molar-refractivity contribution in [2.24, 2.45) is 0 Å². The lowest BCUT2D eigenvalue weighted by Crippen LogP contribution is -2.51. The molecule has 0 heterocycles. The highest BCUT2D eigenvalue weighted by molar-refractivity contribution is 8.00. The van der Waals surface area contributed by atoms with E-state index in [0.717, 1.165) is 30.7 Å². The molecule has 1 aromatic carbocycles. The number of thioether (sulfide) groups is 1. The number of rotatable bonds is 6. The molecule has 2 atom stereocenters. The number of likely N-dealkylation sites (N-methyl/N-ethyl adjacent to an activating group) is 1. The maximum atomic E-state index is 12.9. The Kier molecular flexibility index (Phi) is 5.65. The summed E-state index contributed by atoms with van der Waals surface area (Å²) in [5.41, 5.74) is -0.553. The van der Waals surface area contributed by atoms with Crippen LogP contribution < -0.4 is 5.32 Å². The third-order valence-corrected chi connectivity index (χ3v) is 5.05. The zero-order chi connectivity index (χ0) is 15.3. The molecule has 1 saturated carbocycles. The highest BCUT2D eigenvalue weighted by atomic mass is 32.2. The van der Waals surface area contributed by atoms with Crippen molar-refractivity contribution in [3.63, 3.8) is 0 Å². The fourth-order valence-electron chi connectivity index (χ4n) is 2.83. The molecule has 2 rings (SSSR count). The molecule has 2 unspecified atom stereocenters. The van der Waals surface area contributed by atoms with E-state index in [1.807, 2.05) is 13.8 Å². The Labute approximate surface area is 129 Å².